The fourth-order valence-corrected chi connectivity index (χ4v) is 1.20. The van der Waals surface area contributed by atoms with Crippen molar-refractivity contribution >= 4 is 17.7 Å². The second kappa shape index (κ2) is 4.15. The van der Waals surface area contributed by atoms with Gasteiger partial charge in [0.15, 0.2) is 0 Å². The molecule has 0 bridgehead atoms. The molecule has 5 heteroatoms. The minimum absolute atomic E-state index is 0.147. The monoisotopic (exact) mass is 171 g/mol. The third-order valence-corrected chi connectivity index (χ3v) is 1.90. The van der Waals surface area contributed by atoms with Crippen LogP contribution in [0.4, 0.5) is 5.95 Å². The summed E-state index contributed by atoms with van der Waals surface area (Å²) in [6.07, 6.45) is 1.60. The van der Waals surface area contributed by atoms with E-state index in [0.717, 1.165) is 5.03 Å². The van der Waals surface area contributed by atoms with E-state index in [1.165, 1.54) is 11.8 Å². The van der Waals surface area contributed by atoms with Crippen molar-refractivity contribution in [3.63, 3.8) is 0 Å². The second-order valence-electron chi connectivity index (χ2n) is 1.83. The fraction of sp³-hybridized carbons (Fsp3) is 0.333. The lowest BCUT2D eigenvalue weighted by atomic mass is 10.7. The first-order chi connectivity index (χ1) is 5.33. The van der Waals surface area contributed by atoms with Gasteiger partial charge in [-0.1, -0.05) is 0 Å². The lowest BCUT2D eigenvalue weighted by Gasteiger charge is -1.97. The van der Waals surface area contributed by atoms with E-state index < -0.39 is 0 Å². The van der Waals surface area contributed by atoms with Crippen LogP contribution in [0.1, 0.15) is 0 Å². The first-order valence-corrected chi connectivity index (χ1v) is 4.13. The zero-order chi connectivity index (χ0) is 8.10. The van der Waals surface area contributed by atoms with Crippen LogP contribution in [-0.4, -0.2) is 27.4 Å². The van der Waals surface area contributed by atoms with Crippen LogP contribution in [0.2, 0.25) is 0 Å². The third kappa shape index (κ3) is 2.73. The summed E-state index contributed by atoms with van der Waals surface area (Å²) in [4.78, 5) is 7.67. The van der Waals surface area contributed by atoms with Crippen molar-refractivity contribution in [2.24, 2.45) is 0 Å². The van der Waals surface area contributed by atoms with Crippen molar-refractivity contribution in [3.8, 4) is 0 Å². The number of hydrogen-bond acceptors (Lipinski definition) is 5. The van der Waals surface area contributed by atoms with Gasteiger partial charge in [-0.25, -0.2) is 9.97 Å². The molecule has 1 rings (SSSR count). The number of hydrogen-bond donors (Lipinski definition) is 2. The van der Waals surface area contributed by atoms with Gasteiger partial charge in [-0.15, -0.1) is 11.8 Å². The molecule has 0 aliphatic heterocycles. The standard InChI is InChI=1S/C6H9N3OS/c7-6-8-2-1-5(9-6)11-4-3-10/h1-2,10H,3-4H2,(H2,7,8,9). The maximum absolute atomic E-state index is 8.50. The molecule has 0 radical (unpaired) electrons. The van der Waals surface area contributed by atoms with Crippen LogP contribution >= 0.6 is 11.8 Å². The van der Waals surface area contributed by atoms with E-state index in [0.29, 0.717) is 5.75 Å². The average Bonchev–Trinajstić information content (AvgIpc) is 2.01. The van der Waals surface area contributed by atoms with E-state index in [1.54, 1.807) is 12.3 Å². The van der Waals surface area contributed by atoms with Gasteiger partial charge in [0, 0.05) is 11.9 Å². The molecule has 0 atom stereocenters. The van der Waals surface area contributed by atoms with Crippen LogP contribution in [0.3, 0.4) is 0 Å². The van der Waals surface area contributed by atoms with E-state index in [1.807, 2.05) is 0 Å². The molecule has 0 aliphatic rings. The van der Waals surface area contributed by atoms with Crippen LogP contribution in [0, 0.1) is 0 Å². The molecule has 0 unspecified atom stereocenters. The Bertz CT molecular complexity index is 231. The molecule has 1 aromatic rings. The Hall–Kier alpha value is -0.810. The summed E-state index contributed by atoms with van der Waals surface area (Å²) in [5.41, 5.74) is 5.33. The Kier molecular flexibility index (Phi) is 3.13. The molecule has 4 nitrogen and oxygen atoms in total. The number of nitrogens with zero attached hydrogens (tertiary/aromatic N) is 2. The molecule has 0 saturated carbocycles. The molecule has 0 fully saturated rings. The van der Waals surface area contributed by atoms with Crippen molar-refractivity contribution in [2.75, 3.05) is 18.1 Å². The molecule has 0 spiro atoms. The molecule has 3 N–H and O–H groups in total. The maximum Gasteiger partial charge on any atom is 0.221 e. The number of anilines is 1. The minimum Gasteiger partial charge on any atom is -0.396 e. The van der Waals surface area contributed by atoms with Crippen LogP contribution in [0.25, 0.3) is 0 Å². The van der Waals surface area contributed by atoms with Crippen molar-refractivity contribution in [1.82, 2.24) is 9.97 Å². The number of aliphatic hydroxyl groups excluding tert-OH is 1. The van der Waals surface area contributed by atoms with E-state index >= 15 is 0 Å². The van der Waals surface area contributed by atoms with Gasteiger partial charge in [-0.2, -0.15) is 0 Å². The van der Waals surface area contributed by atoms with Gasteiger partial charge in [0.05, 0.1) is 6.61 Å². The lowest BCUT2D eigenvalue weighted by Crippen LogP contribution is -1.95. The Labute approximate surface area is 68.9 Å². The summed E-state index contributed by atoms with van der Waals surface area (Å²) in [5.74, 6) is 0.907. The molecule has 0 aliphatic carbocycles. The van der Waals surface area contributed by atoms with Gasteiger partial charge in [-0.3, -0.25) is 0 Å². The SMILES string of the molecule is Nc1nccc(SCCO)n1. The first kappa shape index (κ1) is 8.29. The molecule has 0 aromatic carbocycles. The number of rotatable bonds is 3. The Balaban J connectivity index is 2.56. The van der Waals surface area contributed by atoms with Crippen LogP contribution in [0.15, 0.2) is 17.3 Å². The Morgan fingerprint density at radius 3 is 3.09 bits per heavy atom. The molecule has 0 saturated heterocycles. The normalized spacial score (nSPS) is 9.91. The predicted octanol–water partition coefficient (Wildman–Crippen LogP) is 0.143. The third-order valence-electron chi connectivity index (χ3n) is 0.990. The molecule has 0 amide bonds. The van der Waals surface area contributed by atoms with Crippen molar-refractivity contribution in [1.29, 1.82) is 0 Å². The zero-order valence-electron chi connectivity index (χ0n) is 5.90. The highest BCUT2D eigenvalue weighted by molar-refractivity contribution is 7.99. The number of aromatic nitrogens is 2. The summed E-state index contributed by atoms with van der Waals surface area (Å²) < 4.78 is 0. The first-order valence-electron chi connectivity index (χ1n) is 3.15. The largest absolute Gasteiger partial charge is 0.396 e. The fourth-order valence-electron chi connectivity index (χ4n) is 0.587. The van der Waals surface area contributed by atoms with E-state index in [4.69, 9.17) is 10.8 Å². The molecule has 60 valence electrons. The van der Waals surface area contributed by atoms with Crippen LogP contribution in [0.5, 0.6) is 0 Å². The molecular weight excluding hydrogens is 162 g/mol. The predicted molar refractivity (Wildman–Crippen MR) is 44.3 cm³/mol. The minimum atomic E-state index is 0.147. The number of thioether (sulfide) groups is 1. The molecule has 11 heavy (non-hydrogen) atoms. The Morgan fingerprint density at radius 2 is 2.45 bits per heavy atom. The van der Waals surface area contributed by atoms with E-state index in [-0.39, 0.29) is 12.6 Å². The highest BCUT2D eigenvalue weighted by atomic mass is 32.2. The molecule has 1 heterocycles. The molecule has 1 aromatic heterocycles. The van der Waals surface area contributed by atoms with Crippen molar-refractivity contribution in [2.45, 2.75) is 5.03 Å². The number of nitrogens with two attached hydrogens (primary N) is 1. The maximum atomic E-state index is 8.50. The summed E-state index contributed by atoms with van der Waals surface area (Å²) in [5, 5.41) is 9.30. The van der Waals surface area contributed by atoms with Gasteiger partial charge in [0.1, 0.15) is 5.03 Å². The highest BCUT2D eigenvalue weighted by Crippen LogP contribution is 2.13. The topological polar surface area (TPSA) is 72.0 Å². The summed E-state index contributed by atoms with van der Waals surface area (Å²) in [6, 6.07) is 1.76. The smallest absolute Gasteiger partial charge is 0.221 e. The summed E-state index contributed by atoms with van der Waals surface area (Å²) in [6.45, 7) is 0.147. The quantitative estimate of drug-likeness (QED) is 0.500. The second-order valence-corrected chi connectivity index (χ2v) is 2.94. The van der Waals surface area contributed by atoms with Crippen molar-refractivity contribution in [3.05, 3.63) is 12.3 Å². The highest BCUT2D eigenvalue weighted by Gasteiger charge is 1.94. The van der Waals surface area contributed by atoms with Gasteiger partial charge in [0.2, 0.25) is 5.95 Å². The zero-order valence-corrected chi connectivity index (χ0v) is 6.71. The summed E-state index contributed by atoms with van der Waals surface area (Å²) >= 11 is 1.45. The van der Waals surface area contributed by atoms with Gasteiger partial charge in [0.25, 0.3) is 0 Å². The van der Waals surface area contributed by atoms with Crippen LogP contribution < -0.4 is 5.73 Å². The van der Waals surface area contributed by atoms with Crippen LogP contribution in [-0.2, 0) is 0 Å². The molecular formula is C6H9N3OS. The lowest BCUT2D eigenvalue weighted by molar-refractivity contribution is 0.322. The van der Waals surface area contributed by atoms with Gasteiger partial charge < -0.3 is 10.8 Å². The number of nitrogen functional groups attached to an aromatic ring is 1. The van der Waals surface area contributed by atoms with Crippen molar-refractivity contribution < 1.29 is 5.11 Å². The van der Waals surface area contributed by atoms with Gasteiger partial charge in [-0.05, 0) is 6.07 Å². The number of aliphatic hydroxyl groups is 1. The van der Waals surface area contributed by atoms with Gasteiger partial charge >= 0.3 is 0 Å². The summed E-state index contributed by atoms with van der Waals surface area (Å²) in [7, 11) is 0. The Morgan fingerprint density at radius 1 is 1.64 bits per heavy atom. The van der Waals surface area contributed by atoms with E-state index in [9.17, 15) is 0 Å². The van der Waals surface area contributed by atoms with E-state index in [2.05, 4.69) is 9.97 Å². The average molecular weight is 171 g/mol.